The molecule has 1 aromatic rings. The molecular weight excluding hydrogens is 242 g/mol. The first-order valence-electron chi connectivity index (χ1n) is 6.76. The van der Waals surface area contributed by atoms with E-state index in [9.17, 15) is 9.90 Å². The minimum atomic E-state index is -0.374. The Hall–Kier alpha value is -1.55. The molecule has 1 unspecified atom stereocenters. The van der Waals surface area contributed by atoms with Crippen LogP contribution in [0.1, 0.15) is 24.8 Å². The van der Waals surface area contributed by atoms with Crippen LogP contribution >= 0.6 is 0 Å². The van der Waals surface area contributed by atoms with Gasteiger partial charge in [0.15, 0.2) is 0 Å². The normalized spacial score (nSPS) is 15.9. The molecule has 0 heterocycles. The molecule has 104 valence electrons. The predicted molar refractivity (Wildman–Crippen MR) is 73.1 cm³/mol. The van der Waals surface area contributed by atoms with Crippen molar-refractivity contribution in [1.82, 2.24) is 5.32 Å². The number of benzene rings is 1. The summed E-state index contributed by atoms with van der Waals surface area (Å²) in [7, 11) is 1.63. The maximum atomic E-state index is 11.7. The third kappa shape index (κ3) is 4.56. The van der Waals surface area contributed by atoms with Crippen molar-refractivity contribution in [2.45, 2.75) is 31.8 Å². The van der Waals surface area contributed by atoms with Crippen LogP contribution in [0.15, 0.2) is 24.3 Å². The van der Waals surface area contributed by atoms with Gasteiger partial charge in [0.2, 0.25) is 5.91 Å². The maximum Gasteiger partial charge on any atom is 0.220 e. The molecule has 4 nitrogen and oxygen atoms in total. The number of rotatable bonds is 7. The van der Waals surface area contributed by atoms with Crippen molar-refractivity contribution in [2.24, 2.45) is 5.92 Å². The fraction of sp³-hybridized carbons (Fsp3) is 0.533. The molecule has 0 saturated heterocycles. The number of hydrogen-bond donors (Lipinski definition) is 2. The van der Waals surface area contributed by atoms with E-state index in [-0.39, 0.29) is 12.0 Å². The highest BCUT2D eigenvalue weighted by atomic mass is 16.5. The van der Waals surface area contributed by atoms with Gasteiger partial charge in [-0.15, -0.1) is 0 Å². The Kier molecular flexibility index (Phi) is 4.80. The Morgan fingerprint density at radius 2 is 2.32 bits per heavy atom. The van der Waals surface area contributed by atoms with Crippen LogP contribution in [-0.4, -0.2) is 30.8 Å². The number of amides is 1. The van der Waals surface area contributed by atoms with Gasteiger partial charge >= 0.3 is 0 Å². The first kappa shape index (κ1) is 13.9. The molecule has 2 N–H and O–H groups in total. The molecular formula is C15H21NO3. The monoisotopic (exact) mass is 263 g/mol. The van der Waals surface area contributed by atoms with Crippen LogP contribution in [0.3, 0.4) is 0 Å². The van der Waals surface area contributed by atoms with Crippen molar-refractivity contribution in [3.05, 3.63) is 29.8 Å². The van der Waals surface area contributed by atoms with Crippen molar-refractivity contribution in [3.8, 4) is 5.75 Å². The van der Waals surface area contributed by atoms with E-state index in [1.165, 1.54) is 0 Å². The molecule has 1 atom stereocenters. The minimum Gasteiger partial charge on any atom is -0.497 e. The summed E-state index contributed by atoms with van der Waals surface area (Å²) in [5, 5.41) is 12.4. The predicted octanol–water partition coefficient (Wildman–Crippen LogP) is 1.51. The molecule has 1 amide bonds. The Bertz CT molecular complexity index is 429. The zero-order chi connectivity index (χ0) is 13.7. The SMILES string of the molecule is COc1cccc(CCC(=O)NCC(O)C2CC2)c1. The van der Waals surface area contributed by atoms with E-state index in [2.05, 4.69) is 5.32 Å². The van der Waals surface area contributed by atoms with E-state index >= 15 is 0 Å². The number of carbonyl (C=O) groups excluding carboxylic acids is 1. The highest BCUT2D eigenvalue weighted by Crippen LogP contribution is 2.32. The lowest BCUT2D eigenvalue weighted by molar-refractivity contribution is -0.121. The third-order valence-electron chi connectivity index (χ3n) is 3.45. The van der Waals surface area contributed by atoms with Gasteiger partial charge in [-0.05, 0) is 42.9 Å². The topological polar surface area (TPSA) is 58.6 Å². The van der Waals surface area contributed by atoms with Crippen molar-refractivity contribution in [2.75, 3.05) is 13.7 Å². The van der Waals surface area contributed by atoms with E-state index in [1.807, 2.05) is 24.3 Å². The fourth-order valence-electron chi connectivity index (χ4n) is 2.04. The van der Waals surface area contributed by atoms with Gasteiger partial charge in [0.25, 0.3) is 0 Å². The average molecular weight is 263 g/mol. The molecule has 0 aromatic heterocycles. The zero-order valence-electron chi connectivity index (χ0n) is 11.3. The van der Waals surface area contributed by atoms with Gasteiger partial charge in [-0.1, -0.05) is 12.1 Å². The van der Waals surface area contributed by atoms with Crippen LogP contribution in [0, 0.1) is 5.92 Å². The van der Waals surface area contributed by atoms with Crippen molar-refractivity contribution in [3.63, 3.8) is 0 Å². The van der Waals surface area contributed by atoms with Crippen LogP contribution in [0.25, 0.3) is 0 Å². The lowest BCUT2D eigenvalue weighted by atomic mass is 10.1. The molecule has 1 aliphatic carbocycles. The van der Waals surface area contributed by atoms with Crippen LogP contribution in [0.5, 0.6) is 5.75 Å². The molecule has 2 rings (SSSR count). The summed E-state index contributed by atoms with van der Waals surface area (Å²) in [5.74, 6) is 1.20. The Labute approximate surface area is 113 Å². The summed E-state index contributed by atoms with van der Waals surface area (Å²) in [6, 6.07) is 7.72. The number of aryl methyl sites for hydroxylation is 1. The lowest BCUT2D eigenvalue weighted by Crippen LogP contribution is -2.33. The molecule has 0 bridgehead atoms. The first-order chi connectivity index (χ1) is 9.19. The molecule has 0 aliphatic heterocycles. The second kappa shape index (κ2) is 6.57. The maximum absolute atomic E-state index is 11.7. The summed E-state index contributed by atoms with van der Waals surface area (Å²) in [6.45, 7) is 0.377. The number of ether oxygens (including phenoxy) is 1. The van der Waals surface area contributed by atoms with Crippen LogP contribution in [0.2, 0.25) is 0 Å². The molecule has 1 aliphatic rings. The number of methoxy groups -OCH3 is 1. The van der Waals surface area contributed by atoms with E-state index in [4.69, 9.17) is 4.74 Å². The minimum absolute atomic E-state index is 0.0116. The molecule has 1 saturated carbocycles. The van der Waals surface area contributed by atoms with Gasteiger partial charge in [-0.25, -0.2) is 0 Å². The summed E-state index contributed by atoms with van der Waals surface area (Å²) < 4.78 is 5.14. The first-order valence-corrected chi connectivity index (χ1v) is 6.76. The van der Waals surface area contributed by atoms with Crippen LogP contribution in [-0.2, 0) is 11.2 Å². The Balaban J connectivity index is 1.70. The van der Waals surface area contributed by atoms with E-state index in [0.717, 1.165) is 24.2 Å². The lowest BCUT2D eigenvalue weighted by Gasteiger charge is -2.10. The Morgan fingerprint density at radius 3 is 3.00 bits per heavy atom. The number of carbonyl (C=O) groups is 1. The van der Waals surface area contributed by atoms with Gasteiger partial charge in [0, 0.05) is 13.0 Å². The van der Waals surface area contributed by atoms with E-state index < -0.39 is 0 Å². The van der Waals surface area contributed by atoms with Crippen molar-refractivity contribution < 1.29 is 14.6 Å². The number of aliphatic hydroxyl groups is 1. The summed E-state index contributed by atoms with van der Waals surface area (Å²) in [6.07, 6.45) is 2.91. The Morgan fingerprint density at radius 1 is 1.53 bits per heavy atom. The number of nitrogens with one attached hydrogen (secondary N) is 1. The second-order valence-electron chi connectivity index (χ2n) is 5.06. The molecule has 1 aromatic carbocycles. The quantitative estimate of drug-likeness (QED) is 0.784. The second-order valence-corrected chi connectivity index (χ2v) is 5.06. The highest BCUT2D eigenvalue weighted by Gasteiger charge is 2.29. The van der Waals surface area contributed by atoms with Crippen LogP contribution in [0.4, 0.5) is 0 Å². The summed E-state index contributed by atoms with van der Waals surface area (Å²) in [4.78, 5) is 11.7. The van der Waals surface area contributed by atoms with Gasteiger partial charge in [0.05, 0.1) is 13.2 Å². The summed E-state index contributed by atoms with van der Waals surface area (Å²) >= 11 is 0. The fourth-order valence-corrected chi connectivity index (χ4v) is 2.04. The molecule has 4 heteroatoms. The van der Waals surface area contributed by atoms with Gasteiger partial charge in [-0.3, -0.25) is 4.79 Å². The smallest absolute Gasteiger partial charge is 0.220 e. The average Bonchev–Trinajstić information content (AvgIpc) is 3.27. The molecule has 19 heavy (non-hydrogen) atoms. The standard InChI is InChI=1S/C15H21NO3/c1-19-13-4-2-3-11(9-13)5-8-15(18)16-10-14(17)12-6-7-12/h2-4,9,12,14,17H,5-8,10H2,1H3,(H,16,18). The number of aliphatic hydroxyl groups excluding tert-OH is 1. The van der Waals surface area contributed by atoms with Gasteiger partial charge in [-0.2, -0.15) is 0 Å². The van der Waals surface area contributed by atoms with Crippen molar-refractivity contribution >= 4 is 5.91 Å². The molecule has 0 spiro atoms. The third-order valence-corrected chi connectivity index (χ3v) is 3.45. The van der Waals surface area contributed by atoms with E-state index in [0.29, 0.717) is 25.3 Å². The molecule has 1 fully saturated rings. The zero-order valence-corrected chi connectivity index (χ0v) is 11.3. The summed E-state index contributed by atoms with van der Waals surface area (Å²) in [5.41, 5.74) is 1.08. The number of hydrogen-bond acceptors (Lipinski definition) is 3. The highest BCUT2D eigenvalue weighted by molar-refractivity contribution is 5.76. The van der Waals surface area contributed by atoms with Gasteiger partial charge < -0.3 is 15.2 Å². The van der Waals surface area contributed by atoms with Crippen molar-refractivity contribution in [1.29, 1.82) is 0 Å². The van der Waals surface area contributed by atoms with Gasteiger partial charge in [0.1, 0.15) is 5.75 Å². The van der Waals surface area contributed by atoms with E-state index in [1.54, 1.807) is 7.11 Å². The molecule has 0 radical (unpaired) electrons. The largest absolute Gasteiger partial charge is 0.497 e. The van der Waals surface area contributed by atoms with Crippen LogP contribution < -0.4 is 10.1 Å².